The van der Waals surface area contributed by atoms with E-state index in [1.54, 1.807) is 24.5 Å². The van der Waals surface area contributed by atoms with E-state index in [1.165, 1.54) is 0 Å². The Labute approximate surface area is 333 Å². The topological polar surface area (TPSA) is 303 Å². The number of rotatable bonds is 20. The minimum Gasteiger partial charge on any atom is -0.550 e. The number of aliphatic carboxylic acids is 2. The van der Waals surface area contributed by atoms with Crippen molar-refractivity contribution in [1.82, 2.24) is 26.3 Å². The first-order valence-electron chi connectivity index (χ1n) is 18.6. The van der Waals surface area contributed by atoms with Crippen LogP contribution in [0.5, 0.6) is 0 Å². The van der Waals surface area contributed by atoms with Gasteiger partial charge in [0.15, 0.2) is 6.04 Å². The second kappa shape index (κ2) is 28.1. The number of benzene rings is 2. The average Bonchev–Trinajstić information content (AvgIpc) is 3.16. The van der Waals surface area contributed by atoms with Gasteiger partial charge in [0.2, 0.25) is 17.7 Å². The van der Waals surface area contributed by atoms with Crippen LogP contribution >= 0.6 is 0 Å². The summed E-state index contributed by atoms with van der Waals surface area (Å²) < 4.78 is 0. The molecule has 0 fully saturated rings. The van der Waals surface area contributed by atoms with E-state index >= 15 is 0 Å². The number of nitrogens with zero attached hydrogens (tertiary/aromatic N) is 1. The van der Waals surface area contributed by atoms with E-state index < -0.39 is 47.9 Å². The smallest absolute Gasteiger partial charge is 0.338 e. The van der Waals surface area contributed by atoms with Crippen molar-refractivity contribution in [3.05, 3.63) is 102 Å². The van der Waals surface area contributed by atoms with E-state index in [4.69, 9.17) is 31.3 Å². The monoisotopic (exact) mass is 791 g/mol. The number of guanidine groups is 1. The van der Waals surface area contributed by atoms with Gasteiger partial charge >= 0.3 is 5.96 Å². The summed E-state index contributed by atoms with van der Waals surface area (Å²) in [6.45, 7) is 4.59. The fraction of sp³-hybridized carbons (Fsp3) is 0.400. The van der Waals surface area contributed by atoms with Crippen LogP contribution in [-0.4, -0.2) is 77.2 Å². The summed E-state index contributed by atoms with van der Waals surface area (Å²) in [5.41, 5.74) is 17.7. The number of carbonyl (C=O) groups is 6. The second-order valence-corrected chi connectivity index (χ2v) is 13.0. The number of hydrogen-bond acceptors (Lipinski definition) is 9. The fourth-order valence-corrected chi connectivity index (χ4v) is 5.18. The van der Waals surface area contributed by atoms with Crippen molar-refractivity contribution in [2.24, 2.45) is 11.5 Å². The summed E-state index contributed by atoms with van der Waals surface area (Å²) in [5.74, 6) is -3.84. The highest BCUT2D eigenvalue weighted by molar-refractivity contribution is 5.94. The predicted molar refractivity (Wildman–Crippen MR) is 208 cm³/mol. The molecule has 0 aliphatic heterocycles. The van der Waals surface area contributed by atoms with Gasteiger partial charge in [-0.25, -0.2) is 0 Å². The summed E-state index contributed by atoms with van der Waals surface area (Å²) in [7, 11) is 0. The number of carboxylic acid groups (broad SMARTS) is 2. The minimum atomic E-state index is -1.08. The Balaban J connectivity index is 0.00000185. The highest BCUT2D eigenvalue weighted by Crippen LogP contribution is 2.09. The van der Waals surface area contributed by atoms with Gasteiger partial charge in [-0.2, -0.15) is 0 Å². The van der Waals surface area contributed by atoms with Gasteiger partial charge in [0.1, 0.15) is 18.1 Å². The van der Waals surface area contributed by atoms with Gasteiger partial charge in [0, 0.05) is 43.7 Å². The molecule has 0 spiro atoms. The van der Waals surface area contributed by atoms with E-state index in [-0.39, 0.29) is 30.7 Å². The number of carbonyl (C=O) groups excluding carboxylic acids is 6. The Kier molecular flexibility index (Phi) is 24.0. The Hall–Kier alpha value is -6.36. The molecule has 57 heavy (non-hydrogen) atoms. The number of hydrogen-bond donors (Lipinski definition) is 8. The largest absolute Gasteiger partial charge is 0.550 e. The maximum absolute atomic E-state index is 13.9. The van der Waals surface area contributed by atoms with Gasteiger partial charge in [0.05, 0.1) is 6.54 Å². The zero-order valence-electron chi connectivity index (χ0n) is 32.8. The lowest BCUT2D eigenvalue weighted by Crippen LogP contribution is -2.78. The second-order valence-electron chi connectivity index (χ2n) is 13.0. The van der Waals surface area contributed by atoms with Gasteiger partial charge in [-0.3, -0.25) is 40.6 Å². The van der Waals surface area contributed by atoms with Crippen LogP contribution < -0.4 is 53.7 Å². The first-order valence-corrected chi connectivity index (χ1v) is 18.6. The van der Waals surface area contributed by atoms with Crippen molar-refractivity contribution in [2.45, 2.75) is 96.4 Å². The van der Waals surface area contributed by atoms with Gasteiger partial charge in [-0.1, -0.05) is 80.4 Å². The molecule has 12 N–H and O–H groups in total. The van der Waals surface area contributed by atoms with Crippen molar-refractivity contribution in [3.63, 3.8) is 0 Å². The van der Waals surface area contributed by atoms with Crippen LogP contribution in [-0.2, 0) is 48.2 Å². The van der Waals surface area contributed by atoms with Crippen molar-refractivity contribution in [3.8, 4) is 0 Å². The third-order valence-electron chi connectivity index (χ3n) is 7.94. The Morgan fingerprint density at radius 1 is 0.667 bits per heavy atom. The standard InChI is InChI=1S/C36H49N9O4.2C2H4O2/c1-2-3-15-30(34(48)43-29(16-10-19-41-36(38)39)33(47)42-24-27-17-20-40-21-18-27)44-35(49)31(23-26-13-8-5-9-14-26)45-32(46)28(37)22-25-11-6-4-7-12-25;2*1-2(3)4/h4-9,11-14,17-18,20-21,28-31H,2-3,10,15-16,19,22-24,37H2,1H3,(H,42,47)(H,43,48)(H,44,49)(H,45,46)(H4,38,39,41);2*1H3,(H,3,4)/t28-,29-,30-,31-;;/m1../s1. The molecule has 1 aromatic heterocycles. The van der Waals surface area contributed by atoms with Crippen molar-refractivity contribution in [1.29, 1.82) is 0 Å². The third kappa shape index (κ3) is 23.2. The van der Waals surface area contributed by atoms with Gasteiger partial charge in [-0.05, 0) is 61.9 Å². The number of carboxylic acids is 2. The maximum Gasteiger partial charge on any atom is 0.338 e. The minimum absolute atomic E-state index is 0.0625. The van der Waals surface area contributed by atoms with Gasteiger partial charge in [0.25, 0.3) is 5.91 Å². The molecular formula is C40H57N9O8. The molecule has 0 saturated carbocycles. The summed E-state index contributed by atoms with van der Waals surface area (Å²) >= 11 is 0. The van der Waals surface area contributed by atoms with Crippen LogP contribution in [0.3, 0.4) is 0 Å². The molecule has 3 rings (SSSR count). The van der Waals surface area contributed by atoms with E-state index in [0.717, 1.165) is 37.0 Å². The molecule has 1 heterocycles. The molecule has 0 aliphatic rings. The van der Waals surface area contributed by atoms with Crippen LogP contribution in [0.1, 0.15) is 69.6 Å². The summed E-state index contributed by atoms with van der Waals surface area (Å²) in [4.78, 5) is 78.8. The summed E-state index contributed by atoms with van der Waals surface area (Å²) in [6, 6.07) is 19.0. The van der Waals surface area contributed by atoms with Gasteiger partial charge in [-0.15, -0.1) is 0 Å². The number of unbranched alkanes of at least 4 members (excludes halogenated alkanes) is 1. The molecule has 310 valence electrons. The first kappa shape index (κ1) is 48.7. The SMILES string of the molecule is CC(=O)[O-].CC(=O)[O-].CCCC[C@@H](NC(=O)[C@@H](Cc1ccccc1)NC(=O)[C@H]([NH3+])Cc1ccccc1)C(=O)N[C@H](CCC[NH+]=C(N)N)C(=O)NCc1ccncc1. The molecule has 17 nitrogen and oxygen atoms in total. The number of nitrogens with two attached hydrogens (primary N) is 2. The third-order valence-corrected chi connectivity index (χ3v) is 7.94. The van der Waals surface area contributed by atoms with Crippen LogP contribution in [0.4, 0.5) is 0 Å². The van der Waals surface area contributed by atoms with Gasteiger partial charge < -0.3 is 46.8 Å². The van der Waals surface area contributed by atoms with Crippen LogP contribution in [0.2, 0.25) is 0 Å². The molecule has 4 amide bonds. The molecule has 2 aromatic carbocycles. The Morgan fingerprint density at radius 2 is 1.12 bits per heavy atom. The van der Waals surface area contributed by atoms with Crippen molar-refractivity contribution in [2.75, 3.05) is 6.54 Å². The average molecular weight is 792 g/mol. The molecule has 0 saturated heterocycles. The molecule has 0 radical (unpaired) electrons. The van der Waals surface area contributed by atoms with Crippen LogP contribution in [0, 0.1) is 0 Å². The van der Waals surface area contributed by atoms with Crippen molar-refractivity contribution < 1.29 is 49.7 Å². The normalized spacial score (nSPS) is 12.2. The lowest BCUT2D eigenvalue weighted by atomic mass is 10.0. The van der Waals surface area contributed by atoms with Crippen molar-refractivity contribution >= 4 is 41.5 Å². The summed E-state index contributed by atoms with van der Waals surface area (Å²) in [6.07, 6.45) is 6.45. The molecule has 0 unspecified atom stereocenters. The van der Waals surface area contributed by atoms with Crippen LogP contribution in [0.25, 0.3) is 0 Å². The Bertz CT molecular complexity index is 1670. The summed E-state index contributed by atoms with van der Waals surface area (Å²) in [5, 5.41) is 29.3. The lowest BCUT2D eigenvalue weighted by Gasteiger charge is -2.26. The van der Waals surface area contributed by atoms with E-state index in [9.17, 15) is 19.2 Å². The number of aromatic nitrogens is 1. The van der Waals surface area contributed by atoms with E-state index in [1.807, 2.05) is 67.6 Å². The highest BCUT2D eigenvalue weighted by atomic mass is 16.4. The highest BCUT2D eigenvalue weighted by Gasteiger charge is 2.31. The zero-order valence-corrected chi connectivity index (χ0v) is 32.8. The first-order chi connectivity index (χ1) is 27.1. The van der Waals surface area contributed by atoms with E-state index in [2.05, 4.69) is 37.0 Å². The molecule has 0 bridgehead atoms. The number of nitrogens with one attached hydrogen (secondary N) is 5. The fourth-order valence-electron chi connectivity index (χ4n) is 5.18. The zero-order chi connectivity index (χ0) is 42.6. The lowest BCUT2D eigenvalue weighted by molar-refractivity contribution is -0.459. The van der Waals surface area contributed by atoms with E-state index in [0.29, 0.717) is 38.6 Å². The Morgan fingerprint density at radius 3 is 1.63 bits per heavy atom. The number of quaternary nitrogens is 1. The molecule has 0 aliphatic carbocycles. The maximum atomic E-state index is 13.9. The number of pyridine rings is 1. The molecular weight excluding hydrogens is 734 g/mol. The van der Waals surface area contributed by atoms with Crippen LogP contribution in [0.15, 0.2) is 85.2 Å². The molecule has 3 aromatic rings. The predicted octanol–water partition coefficient (Wildman–Crippen LogP) is -3.92. The number of amides is 4. The molecule has 17 heteroatoms. The molecule has 4 atom stereocenters. The quantitative estimate of drug-likeness (QED) is 0.0311.